The van der Waals surface area contributed by atoms with Crippen molar-refractivity contribution in [3.05, 3.63) is 46.7 Å². The lowest BCUT2D eigenvalue weighted by atomic mass is 10.1. The van der Waals surface area contributed by atoms with Gasteiger partial charge in [-0.05, 0) is 30.5 Å². The fourth-order valence-electron chi connectivity index (χ4n) is 3.24. The van der Waals surface area contributed by atoms with Crippen LogP contribution in [0.3, 0.4) is 0 Å². The van der Waals surface area contributed by atoms with E-state index in [9.17, 15) is 4.79 Å². The first kappa shape index (κ1) is 16.0. The van der Waals surface area contributed by atoms with Crippen LogP contribution in [-0.4, -0.2) is 46.6 Å². The zero-order chi connectivity index (χ0) is 17.2. The Kier molecular flexibility index (Phi) is 4.36. The number of halogens is 1. The van der Waals surface area contributed by atoms with Gasteiger partial charge in [-0.2, -0.15) is 0 Å². The SMILES string of the molecule is O=C(c1ccc2c(c1)NCC2)N1CCC(/C=N/c2ncc(Cl)cn2)C1. The van der Waals surface area contributed by atoms with Gasteiger partial charge in [0.1, 0.15) is 0 Å². The maximum Gasteiger partial charge on any atom is 0.253 e. The van der Waals surface area contributed by atoms with Crippen LogP contribution in [0.5, 0.6) is 0 Å². The van der Waals surface area contributed by atoms with Gasteiger partial charge in [-0.15, -0.1) is 0 Å². The van der Waals surface area contributed by atoms with Crippen LogP contribution >= 0.6 is 11.6 Å². The number of carbonyl (C=O) groups is 1. The summed E-state index contributed by atoms with van der Waals surface area (Å²) in [6, 6.07) is 5.94. The van der Waals surface area contributed by atoms with Crippen molar-refractivity contribution < 1.29 is 4.79 Å². The van der Waals surface area contributed by atoms with Crippen LogP contribution < -0.4 is 5.32 Å². The third kappa shape index (κ3) is 3.49. The fourth-order valence-corrected chi connectivity index (χ4v) is 3.34. The Balaban J connectivity index is 1.40. The average Bonchev–Trinajstić information content (AvgIpc) is 3.29. The molecule has 7 heteroatoms. The molecule has 0 spiro atoms. The fraction of sp³-hybridized carbons (Fsp3) is 0.333. The lowest BCUT2D eigenvalue weighted by Gasteiger charge is -2.16. The summed E-state index contributed by atoms with van der Waals surface area (Å²) in [5.74, 6) is 0.685. The van der Waals surface area contributed by atoms with Crippen molar-refractivity contribution >= 4 is 35.4 Å². The van der Waals surface area contributed by atoms with Crippen molar-refractivity contribution in [2.45, 2.75) is 12.8 Å². The maximum absolute atomic E-state index is 12.7. The molecule has 1 N–H and O–H groups in total. The van der Waals surface area contributed by atoms with E-state index in [-0.39, 0.29) is 11.8 Å². The minimum atomic E-state index is 0.0788. The van der Waals surface area contributed by atoms with Crippen molar-refractivity contribution in [3.8, 4) is 0 Å². The molecule has 6 nitrogen and oxygen atoms in total. The third-order valence-electron chi connectivity index (χ3n) is 4.59. The van der Waals surface area contributed by atoms with E-state index in [0.29, 0.717) is 17.5 Å². The number of fused-ring (bicyclic) bond motifs is 1. The van der Waals surface area contributed by atoms with Crippen LogP contribution in [0.25, 0.3) is 0 Å². The smallest absolute Gasteiger partial charge is 0.253 e. The molecule has 1 atom stereocenters. The van der Waals surface area contributed by atoms with E-state index in [4.69, 9.17) is 11.6 Å². The Labute approximate surface area is 151 Å². The normalized spacial score (nSPS) is 19.2. The zero-order valence-electron chi connectivity index (χ0n) is 13.7. The molecule has 0 bridgehead atoms. The molecule has 128 valence electrons. The van der Waals surface area contributed by atoms with Gasteiger partial charge in [0.05, 0.1) is 17.4 Å². The molecule has 0 saturated carbocycles. The topological polar surface area (TPSA) is 70.5 Å². The molecular weight excluding hydrogens is 338 g/mol. The minimum Gasteiger partial charge on any atom is -0.384 e. The second kappa shape index (κ2) is 6.80. The highest BCUT2D eigenvalue weighted by Gasteiger charge is 2.26. The summed E-state index contributed by atoms with van der Waals surface area (Å²) in [6.07, 6.45) is 6.80. The number of amides is 1. The van der Waals surface area contributed by atoms with E-state index in [1.54, 1.807) is 0 Å². The summed E-state index contributed by atoms with van der Waals surface area (Å²) in [4.78, 5) is 27.0. The highest BCUT2D eigenvalue weighted by molar-refractivity contribution is 6.30. The number of likely N-dealkylation sites (tertiary alicyclic amines) is 1. The second-order valence-electron chi connectivity index (χ2n) is 6.33. The van der Waals surface area contributed by atoms with Crippen LogP contribution in [-0.2, 0) is 6.42 Å². The predicted molar refractivity (Wildman–Crippen MR) is 97.8 cm³/mol. The molecule has 4 rings (SSSR count). The number of benzene rings is 1. The third-order valence-corrected chi connectivity index (χ3v) is 4.78. The number of carbonyl (C=O) groups excluding carboxylic acids is 1. The lowest BCUT2D eigenvalue weighted by Crippen LogP contribution is -2.28. The highest BCUT2D eigenvalue weighted by Crippen LogP contribution is 2.25. The van der Waals surface area contributed by atoms with Crippen molar-refractivity contribution in [1.82, 2.24) is 14.9 Å². The molecule has 3 heterocycles. The second-order valence-corrected chi connectivity index (χ2v) is 6.76. The van der Waals surface area contributed by atoms with Crippen LogP contribution in [0.4, 0.5) is 11.6 Å². The summed E-state index contributed by atoms with van der Waals surface area (Å²) in [7, 11) is 0. The van der Waals surface area contributed by atoms with Gasteiger partial charge in [-0.25, -0.2) is 15.0 Å². The van der Waals surface area contributed by atoms with Gasteiger partial charge in [-0.1, -0.05) is 17.7 Å². The summed E-state index contributed by atoms with van der Waals surface area (Å²) in [5.41, 5.74) is 3.11. The molecule has 0 aliphatic carbocycles. The van der Waals surface area contributed by atoms with Gasteiger partial charge in [0.25, 0.3) is 5.91 Å². The predicted octanol–water partition coefficient (Wildman–Crippen LogP) is 2.96. The quantitative estimate of drug-likeness (QED) is 0.859. The molecule has 1 amide bonds. The molecule has 1 fully saturated rings. The van der Waals surface area contributed by atoms with Gasteiger partial charge in [0.2, 0.25) is 5.95 Å². The van der Waals surface area contributed by atoms with Crippen LogP contribution in [0, 0.1) is 5.92 Å². The van der Waals surface area contributed by atoms with Crippen LogP contribution in [0.2, 0.25) is 5.02 Å². The number of anilines is 1. The molecular formula is C18H18ClN5O. The van der Waals surface area contributed by atoms with Gasteiger partial charge in [-0.3, -0.25) is 4.79 Å². The molecule has 2 aliphatic heterocycles. The Morgan fingerprint density at radius 1 is 1.36 bits per heavy atom. The monoisotopic (exact) mass is 355 g/mol. The zero-order valence-corrected chi connectivity index (χ0v) is 14.4. The largest absolute Gasteiger partial charge is 0.384 e. The van der Waals surface area contributed by atoms with Crippen molar-refractivity contribution in [3.63, 3.8) is 0 Å². The molecule has 1 aromatic heterocycles. The van der Waals surface area contributed by atoms with Gasteiger partial charge in [0.15, 0.2) is 0 Å². The van der Waals surface area contributed by atoms with Gasteiger partial charge >= 0.3 is 0 Å². The van der Waals surface area contributed by atoms with E-state index >= 15 is 0 Å². The first-order valence-electron chi connectivity index (χ1n) is 8.37. The molecule has 25 heavy (non-hydrogen) atoms. The Morgan fingerprint density at radius 3 is 3.04 bits per heavy atom. The highest BCUT2D eigenvalue weighted by atomic mass is 35.5. The number of aromatic nitrogens is 2. The summed E-state index contributed by atoms with van der Waals surface area (Å²) in [6.45, 7) is 2.35. The summed E-state index contributed by atoms with van der Waals surface area (Å²) >= 11 is 5.76. The summed E-state index contributed by atoms with van der Waals surface area (Å²) in [5, 5.41) is 3.81. The van der Waals surface area contributed by atoms with Gasteiger partial charge < -0.3 is 10.2 Å². The number of nitrogens with one attached hydrogen (secondary N) is 1. The van der Waals surface area contributed by atoms with E-state index in [2.05, 4.69) is 26.3 Å². The Hall–Kier alpha value is -2.47. The standard InChI is InChI=1S/C18H18ClN5O/c19-15-9-22-18(23-10-15)21-8-12-4-6-24(11-12)17(25)14-2-1-13-3-5-20-16(13)7-14/h1-2,7-10,12,20H,3-6,11H2/b21-8+. The van der Waals surface area contributed by atoms with Crippen molar-refractivity contribution in [1.29, 1.82) is 0 Å². The number of aliphatic imine (C=N–C) groups is 1. The molecule has 1 saturated heterocycles. The first-order valence-corrected chi connectivity index (χ1v) is 8.74. The average molecular weight is 356 g/mol. The minimum absolute atomic E-state index is 0.0788. The van der Waals surface area contributed by atoms with Crippen molar-refractivity contribution in [2.75, 3.05) is 25.0 Å². The molecule has 1 unspecified atom stereocenters. The van der Waals surface area contributed by atoms with Crippen LogP contribution in [0.1, 0.15) is 22.3 Å². The lowest BCUT2D eigenvalue weighted by molar-refractivity contribution is 0.0790. The number of nitrogens with zero attached hydrogens (tertiary/aromatic N) is 4. The Bertz CT molecular complexity index is 821. The van der Waals surface area contributed by atoms with E-state index < -0.39 is 0 Å². The van der Waals surface area contributed by atoms with E-state index in [1.807, 2.05) is 23.2 Å². The Morgan fingerprint density at radius 2 is 2.20 bits per heavy atom. The number of rotatable bonds is 3. The number of hydrogen-bond donors (Lipinski definition) is 1. The van der Waals surface area contributed by atoms with E-state index in [1.165, 1.54) is 18.0 Å². The van der Waals surface area contributed by atoms with E-state index in [0.717, 1.165) is 37.2 Å². The number of hydrogen-bond acceptors (Lipinski definition) is 5. The molecule has 0 radical (unpaired) electrons. The van der Waals surface area contributed by atoms with Crippen LogP contribution in [0.15, 0.2) is 35.6 Å². The molecule has 2 aliphatic rings. The van der Waals surface area contributed by atoms with Gasteiger partial charge in [0, 0.05) is 43.0 Å². The molecule has 2 aromatic rings. The van der Waals surface area contributed by atoms with Crippen molar-refractivity contribution in [2.24, 2.45) is 10.9 Å². The molecule has 1 aromatic carbocycles. The first-order chi connectivity index (χ1) is 12.2. The summed E-state index contributed by atoms with van der Waals surface area (Å²) < 4.78 is 0. The maximum atomic E-state index is 12.7.